The van der Waals surface area contributed by atoms with Gasteiger partial charge in [-0.2, -0.15) is 0 Å². The van der Waals surface area contributed by atoms with Crippen molar-refractivity contribution in [1.82, 2.24) is 9.88 Å². The predicted octanol–water partition coefficient (Wildman–Crippen LogP) is 3.62. The Labute approximate surface area is 148 Å². The van der Waals surface area contributed by atoms with E-state index < -0.39 is 0 Å². The van der Waals surface area contributed by atoms with Gasteiger partial charge in [0.15, 0.2) is 0 Å². The summed E-state index contributed by atoms with van der Waals surface area (Å²) in [6.07, 6.45) is 3.78. The number of hydrogen-bond acceptors (Lipinski definition) is 5. The highest BCUT2D eigenvalue weighted by Crippen LogP contribution is 2.23. The summed E-state index contributed by atoms with van der Waals surface area (Å²) < 4.78 is 0. The van der Waals surface area contributed by atoms with Crippen LogP contribution in [0.4, 0.5) is 11.5 Å². The Morgan fingerprint density at radius 1 is 1.24 bits per heavy atom. The van der Waals surface area contributed by atoms with Crippen LogP contribution in [0.5, 0.6) is 0 Å². The van der Waals surface area contributed by atoms with Crippen LogP contribution in [0.15, 0.2) is 42.6 Å². The molecule has 1 aliphatic heterocycles. The zero-order valence-corrected chi connectivity index (χ0v) is 14.5. The van der Waals surface area contributed by atoms with Gasteiger partial charge in [0.1, 0.15) is 0 Å². The van der Waals surface area contributed by atoms with E-state index in [-0.39, 0.29) is 10.6 Å². The first-order chi connectivity index (χ1) is 12.1. The van der Waals surface area contributed by atoms with Gasteiger partial charge in [-0.1, -0.05) is 29.8 Å². The Morgan fingerprint density at radius 2 is 1.96 bits per heavy atom. The second kappa shape index (κ2) is 8.07. The number of nitrogens with one attached hydrogen (secondary N) is 1. The number of rotatable bonds is 6. The molecule has 1 N–H and O–H groups in total. The summed E-state index contributed by atoms with van der Waals surface area (Å²) in [6, 6.07) is 11.8. The molecule has 2 heterocycles. The Morgan fingerprint density at radius 3 is 2.64 bits per heavy atom. The van der Waals surface area contributed by atoms with Gasteiger partial charge >= 0.3 is 5.69 Å². The standard InChI is InChI=1S/C19H24N4O2/c1-15-4-6-17(7-5-15)14-22-11-8-16(9-12-22)13-21-19-18(23(24)25)3-2-10-20-19/h2-7,10,16H,8-9,11-14H2,1H3,(H,20,21). The molecule has 1 saturated heterocycles. The maximum atomic E-state index is 11.0. The fourth-order valence-corrected chi connectivity index (χ4v) is 3.22. The van der Waals surface area contributed by atoms with Crippen molar-refractivity contribution in [2.45, 2.75) is 26.3 Å². The fourth-order valence-electron chi connectivity index (χ4n) is 3.22. The van der Waals surface area contributed by atoms with Crippen LogP contribution in [-0.4, -0.2) is 34.4 Å². The molecule has 0 unspecified atom stereocenters. The zero-order valence-electron chi connectivity index (χ0n) is 14.5. The summed E-state index contributed by atoms with van der Waals surface area (Å²) in [7, 11) is 0. The van der Waals surface area contributed by atoms with E-state index in [0.29, 0.717) is 11.7 Å². The summed E-state index contributed by atoms with van der Waals surface area (Å²) in [4.78, 5) is 17.2. The van der Waals surface area contributed by atoms with Gasteiger partial charge in [0.25, 0.3) is 0 Å². The predicted molar refractivity (Wildman–Crippen MR) is 98.6 cm³/mol. The molecule has 3 rings (SSSR count). The molecule has 1 aromatic carbocycles. The number of nitrogens with zero attached hydrogens (tertiary/aromatic N) is 3. The van der Waals surface area contributed by atoms with Gasteiger partial charge < -0.3 is 5.32 Å². The maximum Gasteiger partial charge on any atom is 0.311 e. The van der Waals surface area contributed by atoms with E-state index in [4.69, 9.17) is 0 Å². The average Bonchev–Trinajstić information content (AvgIpc) is 2.63. The number of hydrogen-bond donors (Lipinski definition) is 1. The Kier molecular flexibility index (Phi) is 5.60. The van der Waals surface area contributed by atoms with E-state index >= 15 is 0 Å². The summed E-state index contributed by atoms with van der Waals surface area (Å²) in [5, 5.41) is 14.2. The van der Waals surface area contributed by atoms with Crippen molar-refractivity contribution in [1.29, 1.82) is 0 Å². The third-order valence-electron chi connectivity index (χ3n) is 4.78. The van der Waals surface area contributed by atoms with Crippen molar-refractivity contribution in [2.24, 2.45) is 5.92 Å². The lowest BCUT2D eigenvalue weighted by Crippen LogP contribution is -2.35. The molecule has 0 aliphatic carbocycles. The van der Waals surface area contributed by atoms with Crippen LogP contribution >= 0.6 is 0 Å². The topological polar surface area (TPSA) is 71.3 Å². The Balaban J connectivity index is 1.47. The molecule has 132 valence electrons. The molecule has 1 fully saturated rings. The number of benzene rings is 1. The summed E-state index contributed by atoms with van der Waals surface area (Å²) in [5.41, 5.74) is 2.68. The van der Waals surface area contributed by atoms with Crippen LogP contribution in [0.2, 0.25) is 0 Å². The molecule has 2 aromatic rings. The average molecular weight is 340 g/mol. The van der Waals surface area contributed by atoms with E-state index in [1.54, 1.807) is 12.3 Å². The van der Waals surface area contributed by atoms with E-state index in [0.717, 1.165) is 39.0 Å². The molecule has 6 heteroatoms. The van der Waals surface area contributed by atoms with Crippen molar-refractivity contribution in [2.75, 3.05) is 25.0 Å². The quantitative estimate of drug-likeness (QED) is 0.642. The zero-order chi connectivity index (χ0) is 17.6. The third-order valence-corrected chi connectivity index (χ3v) is 4.78. The SMILES string of the molecule is Cc1ccc(CN2CCC(CNc3ncccc3[N+](=O)[O-])CC2)cc1. The van der Waals surface area contributed by atoms with E-state index in [1.165, 1.54) is 17.2 Å². The minimum absolute atomic E-state index is 0.0410. The molecular formula is C19H24N4O2. The summed E-state index contributed by atoms with van der Waals surface area (Å²) in [6.45, 7) is 5.95. The van der Waals surface area contributed by atoms with Crippen LogP contribution in [0, 0.1) is 23.0 Å². The highest BCUT2D eigenvalue weighted by atomic mass is 16.6. The second-order valence-electron chi connectivity index (χ2n) is 6.71. The first-order valence-corrected chi connectivity index (χ1v) is 8.73. The largest absolute Gasteiger partial charge is 0.364 e. The molecule has 0 bridgehead atoms. The van der Waals surface area contributed by atoms with Gasteiger partial charge in [-0.25, -0.2) is 4.98 Å². The van der Waals surface area contributed by atoms with Gasteiger partial charge in [-0.15, -0.1) is 0 Å². The lowest BCUT2D eigenvalue weighted by Gasteiger charge is -2.32. The van der Waals surface area contributed by atoms with Gasteiger partial charge in [0, 0.05) is 25.4 Å². The van der Waals surface area contributed by atoms with Gasteiger partial charge in [0.2, 0.25) is 5.82 Å². The molecule has 6 nitrogen and oxygen atoms in total. The monoisotopic (exact) mass is 340 g/mol. The van der Waals surface area contributed by atoms with Crippen LogP contribution in [0.1, 0.15) is 24.0 Å². The van der Waals surface area contributed by atoms with Gasteiger partial charge in [-0.3, -0.25) is 15.0 Å². The molecule has 0 amide bonds. The molecule has 25 heavy (non-hydrogen) atoms. The van der Waals surface area contributed by atoms with Crippen molar-refractivity contribution in [3.05, 3.63) is 63.8 Å². The van der Waals surface area contributed by atoms with E-state index in [9.17, 15) is 10.1 Å². The molecular weight excluding hydrogens is 316 g/mol. The second-order valence-corrected chi connectivity index (χ2v) is 6.71. The Hall–Kier alpha value is -2.47. The maximum absolute atomic E-state index is 11.0. The summed E-state index contributed by atoms with van der Waals surface area (Å²) >= 11 is 0. The number of nitro groups is 1. The van der Waals surface area contributed by atoms with E-state index in [2.05, 4.69) is 46.4 Å². The first kappa shape index (κ1) is 17.4. The minimum Gasteiger partial charge on any atom is -0.364 e. The first-order valence-electron chi connectivity index (χ1n) is 8.73. The van der Waals surface area contributed by atoms with Crippen molar-refractivity contribution >= 4 is 11.5 Å². The van der Waals surface area contributed by atoms with Crippen LogP contribution < -0.4 is 5.32 Å². The van der Waals surface area contributed by atoms with Crippen molar-refractivity contribution in [3.63, 3.8) is 0 Å². The number of anilines is 1. The molecule has 1 aromatic heterocycles. The third kappa shape index (κ3) is 4.76. The Bertz CT molecular complexity index is 710. The minimum atomic E-state index is -0.389. The number of likely N-dealkylation sites (tertiary alicyclic amines) is 1. The van der Waals surface area contributed by atoms with Crippen molar-refractivity contribution < 1.29 is 4.92 Å². The summed E-state index contributed by atoms with van der Waals surface area (Å²) in [5.74, 6) is 0.894. The molecule has 0 saturated carbocycles. The fraction of sp³-hybridized carbons (Fsp3) is 0.421. The lowest BCUT2D eigenvalue weighted by molar-refractivity contribution is -0.384. The molecule has 0 atom stereocenters. The van der Waals surface area contributed by atoms with Gasteiger partial charge in [0.05, 0.1) is 4.92 Å². The number of pyridine rings is 1. The van der Waals surface area contributed by atoms with Crippen molar-refractivity contribution in [3.8, 4) is 0 Å². The highest BCUT2D eigenvalue weighted by molar-refractivity contribution is 5.55. The highest BCUT2D eigenvalue weighted by Gasteiger charge is 2.21. The smallest absolute Gasteiger partial charge is 0.311 e. The molecule has 1 aliphatic rings. The van der Waals surface area contributed by atoms with Crippen LogP contribution in [0.25, 0.3) is 0 Å². The van der Waals surface area contributed by atoms with Gasteiger partial charge in [-0.05, 0) is 50.4 Å². The van der Waals surface area contributed by atoms with Crippen LogP contribution in [-0.2, 0) is 6.54 Å². The normalized spacial score (nSPS) is 15.9. The molecule has 0 spiro atoms. The van der Waals surface area contributed by atoms with E-state index in [1.807, 2.05) is 0 Å². The molecule has 0 radical (unpaired) electrons. The number of piperidine rings is 1. The number of aromatic nitrogens is 1. The lowest BCUT2D eigenvalue weighted by atomic mass is 9.96. The number of aryl methyl sites for hydroxylation is 1. The van der Waals surface area contributed by atoms with Crippen LogP contribution in [0.3, 0.4) is 0 Å².